The number of nitrogens with one attached hydrogen (secondary N) is 2. The van der Waals surface area contributed by atoms with Crippen LogP contribution < -0.4 is 15.4 Å². The SMILES string of the molecule is COCCCNC(=NCC(=O)N(C)C)NCCc1ccc(OC)cc1. The molecule has 1 rings (SSSR count). The molecular weight excluding hydrogens is 320 g/mol. The summed E-state index contributed by atoms with van der Waals surface area (Å²) in [5.41, 5.74) is 1.21. The van der Waals surface area contributed by atoms with E-state index in [1.54, 1.807) is 28.3 Å². The average Bonchev–Trinajstić information content (AvgIpc) is 2.62. The van der Waals surface area contributed by atoms with Crippen LogP contribution in [0.1, 0.15) is 12.0 Å². The van der Waals surface area contributed by atoms with Crippen molar-refractivity contribution >= 4 is 11.9 Å². The lowest BCUT2D eigenvalue weighted by molar-refractivity contribution is -0.127. The van der Waals surface area contributed by atoms with E-state index >= 15 is 0 Å². The summed E-state index contributed by atoms with van der Waals surface area (Å²) in [4.78, 5) is 17.6. The number of likely N-dealkylation sites (N-methyl/N-ethyl adjacent to an activating group) is 1. The highest BCUT2D eigenvalue weighted by atomic mass is 16.5. The van der Waals surface area contributed by atoms with Gasteiger partial charge in [0.05, 0.1) is 7.11 Å². The van der Waals surface area contributed by atoms with Gasteiger partial charge in [-0.3, -0.25) is 4.79 Å². The minimum atomic E-state index is -0.0341. The Bertz CT molecular complexity index is 530. The van der Waals surface area contributed by atoms with Crippen molar-refractivity contribution < 1.29 is 14.3 Å². The third-order valence-electron chi connectivity index (χ3n) is 3.55. The Labute approximate surface area is 150 Å². The van der Waals surface area contributed by atoms with E-state index in [1.807, 2.05) is 24.3 Å². The summed E-state index contributed by atoms with van der Waals surface area (Å²) in [5.74, 6) is 1.45. The second-order valence-electron chi connectivity index (χ2n) is 5.75. The van der Waals surface area contributed by atoms with Crippen molar-refractivity contribution in [2.75, 3.05) is 54.6 Å². The molecule has 1 aromatic carbocycles. The van der Waals surface area contributed by atoms with Crippen LogP contribution in [0.25, 0.3) is 0 Å². The molecular formula is C18H30N4O3. The van der Waals surface area contributed by atoms with Crippen LogP contribution in [0.4, 0.5) is 0 Å². The van der Waals surface area contributed by atoms with Crippen LogP contribution in [0.3, 0.4) is 0 Å². The lowest BCUT2D eigenvalue weighted by Gasteiger charge is -2.14. The number of rotatable bonds is 10. The predicted molar refractivity (Wildman–Crippen MR) is 100 cm³/mol. The predicted octanol–water partition coefficient (Wildman–Crippen LogP) is 0.898. The first-order chi connectivity index (χ1) is 12.1. The molecule has 0 radical (unpaired) electrons. The van der Waals surface area contributed by atoms with Gasteiger partial charge in [0.1, 0.15) is 12.3 Å². The van der Waals surface area contributed by atoms with Gasteiger partial charge in [0, 0.05) is 40.9 Å². The van der Waals surface area contributed by atoms with E-state index in [1.165, 1.54) is 10.5 Å². The van der Waals surface area contributed by atoms with Crippen molar-refractivity contribution in [1.82, 2.24) is 15.5 Å². The van der Waals surface area contributed by atoms with Gasteiger partial charge in [0.15, 0.2) is 5.96 Å². The molecule has 1 aromatic rings. The minimum absolute atomic E-state index is 0.0341. The first-order valence-corrected chi connectivity index (χ1v) is 8.41. The lowest BCUT2D eigenvalue weighted by Crippen LogP contribution is -2.40. The molecule has 0 saturated heterocycles. The molecule has 0 spiro atoms. The number of guanidine groups is 1. The highest BCUT2D eigenvalue weighted by molar-refractivity contribution is 5.84. The molecule has 0 aliphatic heterocycles. The summed E-state index contributed by atoms with van der Waals surface area (Å²) in [6.45, 7) is 2.26. The molecule has 0 bridgehead atoms. The molecule has 140 valence electrons. The Kier molecular flexibility index (Phi) is 10.1. The number of hydrogen-bond donors (Lipinski definition) is 2. The van der Waals surface area contributed by atoms with Crippen molar-refractivity contribution in [1.29, 1.82) is 0 Å². The first-order valence-electron chi connectivity index (χ1n) is 8.41. The van der Waals surface area contributed by atoms with E-state index in [0.717, 1.165) is 31.7 Å². The molecule has 0 saturated carbocycles. The molecule has 25 heavy (non-hydrogen) atoms. The maximum atomic E-state index is 11.7. The van der Waals surface area contributed by atoms with Gasteiger partial charge in [-0.05, 0) is 30.5 Å². The number of ether oxygens (including phenoxy) is 2. The van der Waals surface area contributed by atoms with Gasteiger partial charge in [-0.2, -0.15) is 0 Å². The Balaban J connectivity index is 2.49. The molecule has 0 aliphatic carbocycles. The zero-order valence-electron chi connectivity index (χ0n) is 15.7. The van der Waals surface area contributed by atoms with Gasteiger partial charge < -0.3 is 25.0 Å². The maximum Gasteiger partial charge on any atom is 0.243 e. The fourth-order valence-electron chi connectivity index (χ4n) is 2.00. The van der Waals surface area contributed by atoms with Crippen LogP contribution in [-0.4, -0.2) is 71.3 Å². The number of amides is 1. The number of carbonyl (C=O) groups excluding carboxylic acids is 1. The molecule has 0 fully saturated rings. The number of aliphatic imine (C=N–C) groups is 1. The van der Waals surface area contributed by atoms with E-state index in [2.05, 4.69) is 15.6 Å². The maximum absolute atomic E-state index is 11.7. The Morgan fingerprint density at radius 2 is 1.80 bits per heavy atom. The van der Waals surface area contributed by atoms with Gasteiger partial charge in [0.25, 0.3) is 0 Å². The number of nitrogens with zero attached hydrogens (tertiary/aromatic N) is 2. The van der Waals surface area contributed by atoms with Crippen molar-refractivity contribution in [3.8, 4) is 5.75 Å². The van der Waals surface area contributed by atoms with E-state index < -0.39 is 0 Å². The second kappa shape index (κ2) is 12.1. The van der Waals surface area contributed by atoms with Crippen molar-refractivity contribution in [3.05, 3.63) is 29.8 Å². The van der Waals surface area contributed by atoms with Gasteiger partial charge in [-0.1, -0.05) is 12.1 Å². The summed E-state index contributed by atoms with van der Waals surface area (Å²) >= 11 is 0. The number of hydrogen-bond acceptors (Lipinski definition) is 4. The molecule has 0 aliphatic rings. The fourth-order valence-corrected chi connectivity index (χ4v) is 2.00. The third-order valence-corrected chi connectivity index (χ3v) is 3.55. The van der Waals surface area contributed by atoms with Crippen LogP contribution in [0.2, 0.25) is 0 Å². The van der Waals surface area contributed by atoms with Crippen LogP contribution in [0.5, 0.6) is 5.75 Å². The smallest absolute Gasteiger partial charge is 0.243 e. The van der Waals surface area contributed by atoms with Gasteiger partial charge >= 0.3 is 0 Å². The topological polar surface area (TPSA) is 75.2 Å². The van der Waals surface area contributed by atoms with Gasteiger partial charge in [0.2, 0.25) is 5.91 Å². The zero-order valence-corrected chi connectivity index (χ0v) is 15.7. The normalized spacial score (nSPS) is 11.1. The largest absolute Gasteiger partial charge is 0.497 e. The lowest BCUT2D eigenvalue weighted by atomic mass is 10.1. The Morgan fingerprint density at radius 1 is 1.12 bits per heavy atom. The van der Waals surface area contributed by atoms with Gasteiger partial charge in [-0.15, -0.1) is 0 Å². The highest BCUT2D eigenvalue weighted by Gasteiger charge is 2.04. The summed E-state index contributed by atoms with van der Waals surface area (Å²) < 4.78 is 10.2. The standard InChI is InChI=1S/C18H30N4O3/c1-22(2)17(23)14-21-18(19-11-5-13-24-3)20-12-10-15-6-8-16(25-4)9-7-15/h6-9H,5,10-14H2,1-4H3,(H2,19,20,21). The molecule has 0 atom stereocenters. The second-order valence-corrected chi connectivity index (χ2v) is 5.75. The van der Waals surface area contributed by atoms with E-state index in [-0.39, 0.29) is 12.5 Å². The zero-order chi connectivity index (χ0) is 18.5. The van der Waals surface area contributed by atoms with E-state index in [9.17, 15) is 4.79 Å². The Hall–Kier alpha value is -2.28. The molecule has 0 unspecified atom stereocenters. The van der Waals surface area contributed by atoms with E-state index in [4.69, 9.17) is 9.47 Å². The van der Waals surface area contributed by atoms with Crippen LogP contribution >= 0.6 is 0 Å². The summed E-state index contributed by atoms with van der Waals surface area (Å²) in [5, 5.41) is 6.49. The molecule has 0 heterocycles. The summed E-state index contributed by atoms with van der Waals surface area (Å²) in [6.07, 6.45) is 1.72. The number of benzene rings is 1. The van der Waals surface area contributed by atoms with Crippen molar-refractivity contribution in [2.24, 2.45) is 4.99 Å². The Morgan fingerprint density at radius 3 is 2.40 bits per heavy atom. The van der Waals surface area contributed by atoms with Gasteiger partial charge in [-0.25, -0.2) is 4.99 Å². The van der Waals surface area contributed by atoms with Crippen molar-refractivity contribution in [2.45, 2.75) is 12.8 Å². The quantitative estimate of drug-likeness (QED) is 0.372. The van der Waals surface area contributed by atoms with Crippen LogP contribution in [-0.2, 0) is 16.0 Å². The molecule has 2 N–H and O–H groups in total. The summed E-state index contributed by atoms with van der Waals surface area (Å²) in [6, 6.07) is 7.98. The third kappa shape index (κ3) is 8.95. The molecule has 7 heteroatoms. The first kappa shape index (κ1) is 20.8. The average molecular weight is 350 g/mol. The minimum Gasteiger partial charge on any atom is -0.497 e. The fraction of sp³-hybridized carbons (Fsp3) is 0.556. The summed E-state index contributed by atoms with van der Waals surface area (Å²) in [7, 11) is 6.78. The van der Waals surface area contributed by atoms with Crippen LogP contribution in [0.15, 0.2) is 29.3 Å². The van der Waals surface area contributed by atoms with Crippen molar-refractivity contribution in [3.63, 3.8) is 0 Å². The highest BCUT2D eigenvalue weighted by Crippen LogP contribution is 2.11. The number of methoxy groups -OCH3 is 2. The molecule has 0 aromatic heterocycles. The molecule has 7 nitrogen and oxygen atoms in total. The van der Waals surface area contributed by atoms with E-state index in [0.29, 0.717) is 12.6 Å². The van der Waals surface area contributed by atoms with Crippen LogP contribution in [0, 0.1) is 0 Å². The molecule has 1 amide bonds. The number of carbonyl (C=O) groups is 1. The monoisotopic (exact) mass is 350 g/mol.